The van der Waals surface area contributed by atoms with Crippen molar-refractivity contribution in [2.45, 2.75) is 25.8 Å². The third-order valence-corrected chi connectivity index (χ3v) is 4.75. The fraction of sp³-hybridized carbons (Fsp3) is 0.368. The van der Waals surface area contributed by atoms with Gasteiger partial charge in [-0.25, -0.2) is 0 Å². The summed E-state index contributed by atoms with van der Waals surface area (Å²) in [4.78, 5) is 29.5. The number of pyridine rings is 1. The number of aromatic amines is 1. The summed E-state index contributed by atoms with van der Waals surface area (Å²) in [6, 6.07) is 9.13. The standard InChI is InChI=1S/C19H20N2O4/c1-12-4-6-14(18(22)20-12)19(23)21-8-2-3-15(21)13-5-7-16-17(11-13)25-10-9-24-16/h4-7,11,15H,2-3,8-10H2,1H3,(H,20,22)/t15-/m1/s1. The molecule has 130 valence electrons. The molecule has 0 spiro atoms. The van der Waals surface area contributed by atoms with E-state index in [4.69, 9.17) is 9.47 Å². The van der Waals surface area contributed by atoms with Gasteiger partial charge in [-0.15, -0.1) is 0 Å². The van der Waals surface area contributed by atoms with Gasteiger partial charge in [0.25, 0.3) is 11.5 Å². The molecule has 0 radical (unpaired) electrons. The van der Waals surface area contributed by atoms with Crippen LogP contribution < -0.4 is 15.0 Å². The lowest BCUT2D eigenvalue weighted by molar-refractivity contribution is 0.0733. The maximum atomic E-state index is 12.9. The van der Waals surface area contributed by atoms with Crippen LogP contribution in [0, 0.1) is 6.92 Å². The van der Waals surface area contributed by atoms with E-state index in [1.807, 2.05) is 18.2 Å². The minimum Gasteiger partial charge on any atom is -0.486 e. The number of aromatic nitrogens is 1. The van der Waals surface area contributed by atoms with Crippen molar-refractivity contribution in [1.29, 1.82) is 0 Å². The van der Waals surface area contributed by atoms with E-state index in [9.17, 15) is 9.59 Å². The zero-order valence-corrected chi connectivity index (χ0v) is 14.1. The van der Waals surface area contributed by atoms with Crippen molar-refractivity contribution < 1.29 is 14.3 Å². The van der Waals surface area contributed by atoms with Gasteiger partial charge in [0.1, 0.15) is 18.8 Å². The summed E-state index contributed by atoms with van der Waals surface area (Å²) < 4.78 is 11.2. The molecule has 0 saturated carbocycles. The Morgan fingerprint density at radius 2 is 1.96 bits per heavy atom. The Bertz CT molecular complexity index is 874. The van der Waals surface area contributed by atoms with E-state index in [0.717, 1.165) is 35.6 Å². The first kappa shape index (κ1) is 15.7. The number of H-pyrrole nitrogens is 1. The van der Waals surface area contributed by atoms with Gasteiger partial charge in [-0.1, -0.05) is 6.07 Å². The van der Waals surface area contributed by atoms with Gasteiger partial charge in [-0.3, -0.25) is 9.59 Å². The number of carbonyl (C=O) groups is 1. The van der Waals surface area contributed by atoms with E-state index in [-0.39, 0.29) is 23.1 Å². The molecule has 0 bridgehead atoms. The van der Waals surface area contributed by atoms with Gasteiger partial charge in [0.15, 0.2) is 11.5 Å². The second-order valence-corrected chi connectivity index (χ2v) is 6.44. The number of rotatable bonds is 2. The number of ether oxygens (including phenoxy) is 2. The summed E-state index contributed by atoms with van der Waals surface area (Å²) in [5.74, 6) is 1.23. The first-order chi connectivity index (χ1) is 12.1. The van der Waals surface area contributed by atoms with Gasteiger partial charge in [-0.2, -0.15) is 0 Å². The molecule has 1 amide bonds. The third kappa shape index (κ3) is 2.88. The van der Waals surface area contributed by atoms with Gasteiger partial charge in [0, 0.05) is 12.2 Å². The summed E-state index contributed by atoms with van der Waals surface area (Å²) in [7, 11) is 0. The maximum absolute atomic E-state index is 12.9. The summed E-state index contributed by atoms with van der Waals surface area (Å²) in [6.07, 6.45) is 1.78. The van der Waals surface area contributed by atoms with Crippen molar-refractivity contribution in [2.75, 3.05) is 19.8 Å². The normalized spacial score (nSPS) is 19.1. The lowest BCUT2D eigenvalue weighted by atomic mass is 10.0. The van der Waals surface area contributed by atoms with Crippen LogP contribution in [-0.4, -0.2) is 35.5 Å². The van der Waals surface area contributed by atoms with Crippen molar-refractivity contribution in [2.24, 2.45) is 0 Å². The molecule has 0 unspecified atom stereocenters. The van der Waals surface area contributed by atoms with E-state index in [2.05, 4.69) is 4.98 Å². The van der Waals surface area contributed by atoms with Crippen LogP contribution in [-0.2, 0) is 0 Å². The molecule has 1 atom stereocenters. The molecule has 1 N–H and O–H groups in total. The van der Waals surface area contributed by atoms with Crippen LogP contribution in [0.2, 0.25) is 0 Å². The molecule has 1 saturated heterocycles. The van der Waals surface area contributed by atoms with Crippen LogP contribution >= 0.6 is 0 Å². The average Bonchev–Trinajstić information content (AvgIpc) is 3.10. The monoisotopic (exact) mass is 340 g/mol. The lowest BCUT2D eigenvalue weighted by Crippen LogP contribution is -2.34. The number of nitrogens with zero attached hydrogens (tertiary/aromatic N) is 1. The molecule has 0 aliphatic carbocycles. The molecular weight excluding hydrogens is 320 g/mol. The molecule has 6 heteroatoms. The fourth-order valence-electron chi connectivity index (χ4n) is 3.52. The number of benzene rings is 1. The fourth-order valence-corrected chi connectivity index (χ4v) is 3.52. The molecule has 6 nitrogen and oxygen atoms in total. The van der Waals surface area contributed by atoms with Crippen LogP contribution in [0.5, 0.6) is 11.5 Å². The van der Waals surface area contributed by atoms with E-state index >= 15 is 0 Å². The Labute approximate surface area is 145 Å². The van der Waals surface area contributed by atoms with Crippen LogP contribution in [0.1, 0.15) is 40.5 Å². The molecule has 1 aromatic heterocycles. The highest BCUT2D eigenvalue weighted by Gasteiger charge is 2.32. The van der Waals surface area contributed by atoms with Crippen LogP contribution in [0.3, 0.4) is 0 Å². The molecule has 2 aliphatic heterocycles. The minimum absolute atomic E-state index is 0.0518. The van der Waals surface area contributed by atoms with Crippen LogP contribution in [0.25, 0.3) is 0 Å². The van der Waals surface area contributed by atoms with Crippen molar-refractivity contribution in [3.63, 3.8) is 0 Å². The molecule has 25 heavy (non-hydrogen) atoms. The summed E-state index contributed by atoms with van der Waals surface area (Å²) in [6.45, 7) is 3.52. The zero-order valence-electron chi connectivity index (χ0n) is 14.1. The van der Waals surface area contributed by atoms with Gasteiger partial charge in [0.2, 0.25) is 0 Å². The molecule has 4 rings (SSSR count). The Morgan fingerprint density at radius 3 is 2.76 bits per heavy atom. The van der Waals surface area contributed by atoms with Crippen LogP contribution in [0.15, 0.2) is 35.1 Å². The summed E-state index contributed by atoms with van der Waals surface area (Å²) in [5.41, 5.74) is 1.61. The zero-order chi connectivity index (χ0) is 17.4. The van der Waals surface area contributed by atoms with Crippen LogP contribution in [0.4, 0.5) is 0 Å². The van der Waals surface area contributed by atoms with Gasteiger partial charge in [0.05, 0.1) is 6.04 Å². The van der Waals surface area contributed by atoms with E-state index in [1.165, 1.54) is 0 Å². The highest BCUT2D eigenvalue weighted by atomic mass is 16.6. The topological polar surface area (TPSA) is 71.6 Å². The predicted molar refractivity (Wildman–Crippen MR) is 92.2 cm³/mol. The largest absolute Gasteiger partial charge is 0.486 e. The van der Waals surface area contributed by atoms with E-state index in [0.29, 0.717) is 19.8 Å². The number of amides is 1. The Kier molecular flexibility index (Phi) is 3.95. The molecular formula is C19H20N2O4. The lowest BCUT2D eigenvalue weighted by Gasteiger charge is -2.26. The van der Waals surface area contributed by atoms with Crippen molar-refractivity contribution in [3.8, 4) is 11.5 Å². The SMILES string of the molecule is Cc1ccc(C(=O)N2CCC[C@@H]2c2ccc3c(c2)OCCO3)c(=O)[nH]1. The summed E-state index contributed by atoms with van der Waals surface area (Å²) in [5, 5.41) is 0. The number of carbonyl (C=O) groups excluding carboxylic acids is 1. The number of hydrogen-bond acceptors (Lipinski definition) is 4. The van der Waals surface area contributed by atoms with Gasteiger partial charge >= 0.3 is 0 Å². The number of hydrogen-bond donors (Lipinski definition) is 1. The van der Waals surface area contributed by atoms with Crippen molar-refractivity contribution in [1.82, 2.24) is 9.88 Å². The number of likely N-dealkylation sites (tertiary alicyclic amines) is 1. The highest BCUT2D eigenvalue weighted by molar-refractivity contribution is 5.94. The molecule has 3 heterocycles. The minimum atomic E-state index is -0.335. The van der Waals surface area contributed by atoms with Gasteiger partial charge < -0.3 is 19.4 Å². The third-order valence-electron chi connectivity index (χ3n) is 4.75. The second-order valence-electron chi connectivity index (χ2n) is 6.44. The van der Waals surface area contributed by atoms with E-state index < -0.39 is 0 Å². The number of aryl methyl sites for hydroxylation is 1. The Balaban J connectivity index is 1.64. The number of nitrogens with one attached hydrogen (secondary N) is 1. The second kappa shape index (κ2) is 6.27. The number of fused-ring (bicyclic) bond motifs is 1. The molecule has 2 aromatic rings. The first-order valence-corrected chi connectivity index (χ1v) is 8.54. The first-order valence-electron chi connectivity index (χ1n) is 8.54. The smallest absolute Gasteiger partial charge is 0.260 e. The Hall–Kier alpha value is -2.76. The predicted octanol–water partition coefficient (Wildman–Crippen LogP) is 2.43. The molecule has 1 aromatic carbocycles. The molecule has 2 aliphatic rings. The maximum Gasteiger partial charge on any atom is 0.260 e. The van der Waals surface area contributed by atoms with E-state index in [1.54, 1.807) is 24.0 Å². The molecule has 1 fully saturated rings. The van der Waals surface area contributed by atoms with Crippen molar-refractivity contribution in [3.05, 3.63) is 57.5 Å². The highest BCUT2D eigenvalue weighted by Crippen LogP contribution is 2.38. The average molecular weight is 340 g/mol. The van der Waals surface area contributed by atoms with Gasteiger partial charge in [-0.05, 0) is 49.6 Å². The quantitative estimate of drug-likeness (QED) is 0.911. The summed E-state index contributed by atoms with van der Waals surface area (Å²) >= 11 is 0. The Morgan fingerprint density at radius 1 is 1.16 bits per heavy atom. The van der Waals surface area contributed by atoms with Crippen molar-refractivity contribution >= 4 is 5.91 Å².